The summed E-state index contributed by atoms with van der Waals surface area (Å²) in [5, 5.41) is 15.1. The summed E-state index contributed by atoms with van der Waals surface area (Å²) in [5.41, 5.74) is 0.899. The minimum absolute atomic E-state index is 0.00101. The number of hydrogen-bond acceptors (Lipinski definition) is 6. The van der Waals surface area contributed by atoms with Crippen LogP contribution in [0.15, 0.2) is 30.3 Å². The molecule has 198 valence electrons. The van der Waals surface area contributed by atoms with Crippen LogP contribution in [0.25, 0.3) is 16.7 Å². The smallest absolute Gasteiger partial charge is 0.410 e. The molecule has 1 aliphatic heterocycles. The molecule has 0 unspecified atom stereocenters. The van der Waals surface area contributed by atoms with Crippen LogP contribution in [0.5, 0.6) is 5.75 Å². The summed E-state index contributed by atoms with van der Waals surface area (Å²) in [6.07, 6.45) is 1.17. The molecule has 1 amide bonds. The Hall–Kier alpha value is -3.69. The number of amides is 1. The number of nitrogens with zero attached hydrogens (tertiary/aromatic N) is 4. The molecule has 3 aromatic rings. The third-order valence-corrected chi connectivity index (χ3v) is 6.21. The van der Waals surface area contributed by atoms with E-state index in [1.807, 2.05) is 34.6 Å². The Morgan fingerprint density at radius 2 is 1.81 bits per heavy atom. The Balaban J connectivity index is 1.60. The standard InChI is InChI=1S/C27H33FN4O5/c1-16(2)23-22-21(36-15-17-10-12-31(13-11-17)26(35)37-27(3,4)5)14-20(25(33)34)29-24(22)32(30-23)19-8-6-18(28)7-9-19/h6-9,14,16-17H,10-13,15H2,1-5H3,(H,33,34). The SMILES string of the molecule is CC(C)c1nn(-c2ccc(F)cc2)c2nc(C(=O)O)cc(OCC3CCN(C(=O)OC(C)(C)C)CC3)c12. The van der Waals surface area contributed by atoms with Gasteiger partial charge in [-0.2, -0.15) is 5.10 Å². The van der Waals surface area contributed by atoms with E-state index in [1.54, 1.807) is 17.0 Å². The van der Waals surface area contributed by atoms with E-state index in [9.17, 15) is 19.1 Å². The maximum atomic E-state index is 13.5. The zero-order chi connectivity index (χ0) is 26.9. The number of carbonyl (C=O) groups excluding carboxylic acids is 1. The van der Waals surface area contributed by atoms with E-state index in [1.165, 1.54) is 22.9 Å². The van der Waals surface area contributed by atoms with Crippen molar-refractivity contribution in [1.82, 2.24) is 19.7 Å². The van der Waals surface area contributed by atoms with Gasteiger partial charge in [0.2, 0.25) is 0 Å². The molecule has 0 spiro atoms. The fourth-order valence-electron chi connectivity index (χ4n) is 4.31. The van der Waals surface area contributed by atoms with E-state index in [-0.39, 0.29) is 29.4 Å². The molecule has 0 atom stereocenters. The number of likely N-dealkylation sites (tertiary alicyclic amines) is 1. The van der Waals surface area contributed by atoms with Crippen molar-refractivity contribution in [2.45, 2.75) is 59.0 Å². The number of carboxylic acid groups (broad SMARTS) is 1. The number of carbonyl (C=O) groups is 2. The summed E-state index contributed by atoms with van der Waals surface area (Å²) >= 11 is 0. The molecule has 4 rings (SSSR count). The Labute approximate surface area is 215 Å². The van der Waals surface area contributed by atoms with Gasteiger partial charge in [0.05, 0.1) is 23.4 Å². The van der Waals surface area contributed by atoms with Gasteiger partial charge in [-0.25, -0.2) is 23.6 Å². The Kier molecular flexibility index (Phi) is 7.38. The van der Waals surface area contributed by atoms with Gasteiger partial charge in [0.1, 0.15) is 17.2 Å². The zero-order valence-electron chi connectivity index (χ0n) is 21.8. The van der Waals surface area contributed by atoms with E-state index in [4.69, 9.17) is 14.6 Å². The summed E-state index contributed by atoms with van der Waals surface area (Å²) in [4.78, 5) is 30.3. The summed E-state index contributed by atoms with van der Waals surface area (Å²) in [6, 6.07) is 7.21. The highest BCUT2D eigenvalue weighted by Crippen LogP contribution is 2.35. The van der Waals surface area contributed by atoms with Crippen molar-refractivity contribution >= 4 is 23.1 Å². The molecule has 1 fully saturated rings. The van der Waals surface area contributed by atoms with E-state index < -0.39 is 11.6 Å². The van der Waals surface area contributed by atoms with Gasteiger partial charge < -0.3 is 19.5 Å². The number of fused-ring (bicyclic) bond motifs is 1. The number of piperidine rings is 1. The third kappa shape index (κ3) is 6.00. The molecule has 0 aliphatic carbocycles. The molecule has 37 heavy (non-hydrogen) atoms. The van der Waals surface area contributed by atoms with E-state index in [0.29, 0.717) is 47.9 Å². The third-order valence-electron chi connectivity index (χ3n) is 6.21. The van der Waals surface area contributed by atoms with Crippen LogP contribution in [0, 0.1) is 11.7 Å². The Morgan fingerprint density at radius 3 is 2.38 bits per heavy atom. The van der Waals surface area contributed by atoms with E-state index in [2.05, 4.69) is 4.98 Å². The second-order valence-electron chi connectivity index (χ2n) is 10.7. The van der Waals surface area contributed by atoms with Gasteiger partial charge >= 0.3 is 12.1 Å². The molecule has 0 radical (unpaired) electrons. The second-order valence-corrected chi connectivity index (χ2v) is 10.7. The first kappa shape index (κ1) is 26.4. The monoisotopic (exact) mass is 512 g/mol. The van der Waals surface area contributed by atoms with Crippen molar-refractivity contribution in [1.29, 1.82) is 0 Å². The van der Waals surface area contributed by atoms with Crippen LogP contribution in [-0.4, -0.2) is 62.1 Å². The van der Waals surface area contributed by atoms with Gasteiger partial charge in [-0.05, 0) is 69.7 Å². The summed E-state index contributed by atoms with van der Waals surface area (Å²) in [6.45, 7) is 11.0. The fourth-order valence-corrected chi connectivity index (χ4v) is 4.31. The summed E-state index contributed by atoms with van der Waals surface area (Å²) in [7, 11) is 0. The largest absolute Gasteiger partial charge is 0.492 e. The lowest BCUT2D eigenvalue weighted by Gasteiger charge is -2.33. The first-order valence-corrected chi connectivity index (χ1v) is 12.5. The van der Waals surface area contributed by atoms with Gasteiger partial charge in [-0.1, -0.05) is 13.8 Å². The van der Waals surface area contributed by atoms with Gasteiger partial charge in [0, 0.05) is 19.2 Å². The number of aromatic nitrogens is 3. The molecule has 9 nitrogen and oxygen atoms in total. The van der Waals surface area contributed by atoms with Gasteiger partial charge in [-0.3, -0.25) is 0 Å². The predicted molar refractivity (Wildman–Crippen MR) is 136 cm³/mol. The number of ether oxygens (including phenoxy) is 2. The predicted octanol–water partition coefficient (Wildman–Crippen LogP) is 5.41. The summed E-state index contributed by atoms with van der Waals surface area (Å²) < 4.78 is 26.8. The maximum Gasteiger partial charge on any atom is 0.410 e. The van der Waals surface area contributed by atoms with Crippen LogP contribution in [-0.2, 0) is 4.74 Å². The van der Waals surface area contributed by atoms with Crippen LogP contribution in [0.2, 0.25) is 0 Å². The maximum absolute atomic E-state index is 13.5. The van der Waals surface area contributed by atoms with Gasteiger partial charge in [-0.15, -0.1) is 0 Å². The average Bonchev–Trinajstić information content (AvgIpc) is 3.22. The van der Waals surface area contributed by atoms with Crippen molar-refractivity contribution < 1.29 is 28.6 Å². The van der Waals surface area contributed by atoms with E-state index >= 15 is 0 Å². The second kappa shape index (κ2) is 10.4. The normalized spacial score (nSPS) is 14.8. The van der Waals surface area contributed by atoms with Crippen molar-refractivity contribution in [3.8, 4) is 11.4 Å². The highest BCUT2D eigenvalue weighted by molar-refractivity contribution is 5.94. The Morgan fingerprint density at radius 1 is 1.16 bits per heavy atom. The lowest BCUT2D eigenvalue weighted by atomic mass is 9.98. The van der Waals surface area contributed by atoms with Crippen molar-refractivity contribution in [2.75, 3.05) is 19.7 Å². The highest BCUT2D eigenvalue weighted by atomic mass is 19.1. The first-order valence-electron chi connectivity index (χ1n) is 12.5. The molecule has 1 saturated heterocycles. The number of hydrogen-bond donors (Lipinski definition) is 1. The molecule has 3 heterocycles. The molecule has 1 aromatic carbocycles. The highest BCUT2D eigenvalue weighted by Gasteiger charge is 2.28. The van der Waals surface area contributed by atoms with Crippen LogP contribution in [0.4, 0.5) is 9.18 Å². The number of halogens is 1. The number of carboxylic acids is 1. The zero-order valence-corrected chi connectivity index (χ0v) is 21.8. The van der Waals surface area contributed by atoms with Crippen LogP contribution in [0.1, 0.15) is 69.6 Å². The molecular weight excluding hydrogens is 479 g/mol. The average molecular weight is 513 g/mol. The molecule has 10 heteroatoms. The van der Waals surface area contributed by atoms with Crippen molar-refractivity contribution in [3.63, 3.8) is 0 Å². The molecule has 0 bridgehead atoms. The number of aromatic carboxylic acids is 1. The minimum Gasteiger partial charge on any atom is -0.492 e. The minimum atomic E-state index is -1.18. The molecule has 1 N–H and O–H groups in total. The molecule has 1 aliphatic rings. The topological polar surface area (TPSA) is 107 Å². The van der Waals surface area contributed by atoms with E-state index in [0.717, 1.165) is 12.8 Å². The lowest BCUT2D eigenvalue weighted by Crippen LogP contribution is -2.42. The fraction of sp³-hybridized carbons (Fsp3) is 0.481. The molecular formula is C27H33FN4O5. The van der Waals surface area contributed by atoms with Crippen molar-refractivity contribution in [2.24, 2.45) is 5.92 Å². The Bertz CT molecular complexity index is 1290. The number of pyridine rings is 1. The first-order chi connectivity index (χ1) is 17.4. The quantitative estimate of drug-likeness (QED) is 0.471. The van der Waals surface area contributed by atoms with Crippen molar-refractivity contribution in [3.05, 3.63) is 47.5 Å². The van der Waals surface area contributed by atoms with Gasteiger partial charge in [0.25, 0.3) is 0 Å². The number of benzene rings is 1. The lowest BCUT2D eigenvalue weighted by molar-refractivity contribution is 0.0165. The van der Waals surface area contributed by atoms with Crippen LogP contribution >= 0.6 is 0 Å². The molecule has 2 aromatic heterocycles. The molecule has 0 saturated carbocycles. The van der Waals surface area contributed by atoms with Gasteiger partial charge in [0.15, 0.2) is 11.3 Å². The van der Waals surface area contributed by atoms with Crippen LogP contribution < -0.4 is 4.74 Å². The summed E-state index contributed by atoms with van der Waals surface area (Å²) in [5.74, 6) is -0.986. The van der Waals surface area contributed by atoms with Crippen LogP contribution in [0.3, 0.4) is 0 Å². The number of rotatable bonds is 6.